The van der Waals surface area contributed by atoms with Crippen LogP contribution in [0.4, 0.5) is 0 Å². The van der Waals surface area contributed by atoms with Crippen molar-refractivity contribution in [3.63, 3.8) is 0 Å². The fourth-order valence-corrected chi connectivity index (χ4v) is 4.96. The predicted molar refractivity (Wildman–Crippen MR) is 120 cm³/mol. The van der Waals surface area contributed by atoms with Crippen molar-refractivity contribution in [1.82, 2.24) is 0 Å². The normalized spacial score (nSPS) is 12.2. The van der Waals surface area contributed by atoms with Crippen LogP contribution in [0, 0.1) is 6.92 Å². The van der Waals surface area contributed by atoms with Gasteiger partial charge in [0.15, 0.2) is 0 Å². The molecule has 28 heavy (non-hydrogen) atoms. The number of benzene rings is 3. The SMILES string of the molecule is COC(c1cc2ccccc2s1)c1cc(Br)c(OCc2ccccc2)cc1C. The maximum Gasteiger partial charge on any atom is 0.134 e. The predicted octanol–water partition coefficient (Wildman–Crippen LogP) is 7.29. The molecule has 0 bridgehead atoms. The van der Waals surface area contributed by atoms with Gasteiger partial charge in [-0.1, -0.05) is 48.5 Å². The Kier molecular flexibility index (Phi) is 5.81. The molecule has 1 aromatic heterocycles. The average Bonchev–Trinajstić information content (AvgIpc) is 3.14. The first kappa shape index (κ1) is 19.2. The summed E-state index contributed by atoms with van der Waals surface area (Å²) in [5.74, 6) is 0.844. The van der Waals surface area contributed by atoms with Crippen LogP contribution in [0.25, 0.3) is 10.1 Å². The van der Waals surface area contributed by atoms with Crippen LogP contribution in [0.3, 0.4) is 0 Å². The van der Waals surface area contributed by atoms with E-state index in [9.17, 15) is 0 Å². The number of thiophene rings is 1. The molecule has 0 saturated carbocycles. The number of ether oxygens (including phenoxy) is 2. The largest absolute Gasteiger partial charge is 0.488 e. The van der Waals surface area contributed by atoms with Gasteiger partial charge in [-0.05, 0) is 69.2 Å². The second-order valence-corrected chi connectivity index (χ2v) is 8.69. The van der Waals surface area contributed by atoms with Gasteiger partial charge in [-0.15, -0.1) is 11.3 Å². The number of fused-ring (bicyclic) bond motifs is 1. The molecule has 0 fully saturated rings. The second-order valence-electron chi connectivity index (χ2n) is 6.72. The molecule has 0 saturated heterocycles. The Bertz CT molecular complexity index is 1060. The highest BCUT2D eigenvalue weighted by Gasteiger charge is 2.20. The molecular weight excluding hydrogens is 432 g/mol. The van der Waals surface area contributed by atoms with Crippen LogP contribution in [0.2, 0.25) is 0 Å². The van der Waals surface area contributed by atoms with E-state index in [1.165, 1.54) is 15.0 Å². The maximum atomic E-state index is 6.04. The highest BCUT2D eigenvalue weighted by molar-refractivity contribution is 9.10. The summed E-state index contributed by atoms with van der Waals surface area (Å²) in [5.41, 5.74) is 3.44. The molecule has 3 aromatic carbocycles. The number of halogens is 1. The van der Waals surface area contributed by atoms with Crippen LogP contribution in [-0.2, 0) is 11.3 Å². The zero-order valence-electron chi connectivity index (χ0n) is 15.8. The molecule has 4 rings (SSSR count). The Morgan fingerprint density at radius 3 is 2.46 bits per heavy atom. The third-order valence-corrected chi connectivity index (χ3v) is 6.56. The molecule has 1 unspecified atom stereocenters. The van der Waals surface area contributed by atoms with Crippen molar-refractivity contribution in [2.24, 2.45) is 0 Å². The molecule has 0 N–H and O–H groups in total. The third kappa shape index (κ3) is 4.00. The van der Waals surface area contributed by atoms with Gasteiger partial charge in [0.1, 0.15) is 18.5 Å². The molecule has 142 valence electrons. The first-order valence-electron chi connectivity index (χ1n) is 9.13. The van der Waals surface area contributed by atoms with Gasteiger partial charge in [-0.2, -0.15) is 0 Å². The summed E-state index contributed by atoms with van der Waals surface area (Å²) in [5, 5.41) is 1.25. The molecule has 1 atom stereocenters. The fourth-order valence-electron chi connectivity index (χ4n) is 3.33. The van der Waals surface area contributed by atoms with Gasteiger partial charge in [-0.25, -0.2) is 0 Å². The summed E-state index contributed by atoms with van der Waals surface area (Å²) in [4.78, 5) is 1.21. The van der Waals surface area contributed by atoms with Crippen molar-refractivity contribution < 1.29 is 9.47 Å². The quantitative estimate of drug-likeness (QED) is 0.305. The van der Waals surface area contributed by atoms with E-state index in [1.807, 2.05) is 18.2 Å². The molecule has 0 aliphatic heterocycles. The smallest absolute Gasteiger partial charge is 0.134 e. The molecule has 0 amide bonds. The van der Waals surface area contributed by atoms with Crippen LogP contribution in [0.15, 0.2) is 77.3 Å². The van der Waals surface area contributed by atoms with Gasteiger partial charge in [0.2, 0.25) is 0 Å². The van der Waals surface area contributed by atoms with Crippen molar-refractivity contribution in [3.8, 4) is 5.75 Å². The summed E-state index contributed by atoms with van der Waals surface area (Å²) in [7, 11) is 1.77. The van der Waals surface area contributed by atoms with Crippen molar-refractivity contribution in [2.45, 2.75) is 19.6 Å². The van der Waals surface area contributed by atoms with E-state index in [-0.39, 0.29) is 6.10 Å². The molecule has 1 heterocycles. The fraction of sp³-hybridized carbons (Fsp3) is 0.167. The first-order chi connectivity index (χ1) is 13.7. The van der Waals surface area contributed by atoms with E-state index >= 15 is 0 Å². The molecule has 0 aliphatic rings. The topological polar surface area (TPSA) is 18.5 Å². The van der Waals surface area contributed by atoms with Crippen LogP contribution in [0.1, 0.15) is 27.7 Å². The number of rotatable bonds is 6. The molecule has 4 heteroatoms. The second kappa shape index (κ2) is 8.48. The Balaban J connectivity index is 1.62. The van der Waals surface area contributed by atoms with Crippen LogP contribution < -0.4 is 4.74 Å². The number of methoxy groups -OCH3 is 1. The van der Waals surface area contributed by atoms with Crippen molar-refractivity contribution in [2.75, 3.05) is 7.11 Å². The Labute approximate surface area is 177 Å². The van der Waals surface area contributed by atoms with E-state index in [2.05, 4.69) is 77.5 Å². The monoisotopic (exact) mass is 452 g/mol. The number of hydrogen-bond acceptors (Lipinski definition) is 3. The Hall–Kier alpha value is -2.14. The first-order valence-corrected chi connectivity index (χ1v) is 10.7. The van der Waals surface area contributed by atoms with Crippen LogP contribution in [-0.4, -0.2) is 7.11 Å². The third-order valence-electron chi connectivity index (χ3n) is 4.78. The minimum atomic E-state index is -0.100. The van der Waals surface area contributed by atoms with E-state index in [4.69, 9.17) is 9.47 Å². The Morgan fingerprint density at radius 1 is 0.964 bits per heavy atom. The van der Waals surface area contributed by atoms with Crippen LogP contribution in [0.5, 0.6) is 5.75 Å². The van der Waals surface area contributed by atoms with Gasteiger partial charge >= 0.3 is 0 Å². The van der Waals surface area contributed by atoms with Gasteiger partial charge in [0.05, 0.1) is 4.47 Å². The molecule has 0 aliphatic carbocycles. The molecule has 0 spiro atoms. The summed E-state index contributed by atoms with van der Waals surface area (Å²) in [6.07, 6.45) is -0.100. The molecule has 4 aromatic rings. The summed E-state index contributed by atoms with van der Waals surface area (Å²) in [6, 6.07) is 25.1. The average molecular weight is 453 g/mol. The van der Waals surface area contributed by atoms with E-state index < -0.39 is 0 Å². The summed E-state index contributed by atoms with van der Waals surface area (Å²) in [6.45, 7) is 2.65. The van der Waals surface area contributed by atoms with E-state index in [1.54, 1.807) is 18.4 Å². The summed E-state index contributed by atoms with van der Waals surface area (Å²) >= 11 is 5.46. The van der Waals surface area contributed by atoms with Gasteiger partial charge in [0, 0.05) is 16.7 Å². The van der Waals surface area contributed by atoms with Gasteiger partial charge in [-0.3, -0.25) is 0 Å². The highest BCUT2D eigenvalue weighted by Crippen LogP contribution is 2.39. The minimum absolute atomic E-state index is 0.100. The lowest BCUT2D eigenvalue weighted by Gasteiger charge is -2.19. The lowest BCUT2D eigenvalue weighted by atomic mass is 10.0. The van der Waals surface area contributed by atoms with Crippen molar-refractivity contribution >= 4 is 37.4 Å². The zero-order valence-corrected chi connectivity index (χ0v) is 18.2. The molecule has 0 radical (unpaired) electrons. The van der Waals surface area contributed by atoms with E-state index in [0.29, 0.717) is 6.61 Å². The van der Waals surface area contributed by atoms with Gasteiger partial charge < -0.3 is 9.47 Å². The number of aryl methyl sites for hydroxylation is 1. The molecule has 2 nitrogen and oxygen atoms in total. The van der Waals surface area contributed by atoms with Gasteiger partial charge in [0.25, 0.3) is 0 Å². The van der Waals surface area contributed by atoms with E-state index in [0.717, 1.165) is 26.9 Å². The lowest BCUT2D eigenvalue weighted by Crippen LogP contribution is -2.05. The van der Waals surface area contributed by atoms with Crippen molar-refractivity contribution in [3.05, 3.63) is 98.8 Å². The molecular formula is C24H21BrO2S. The lowest BCUT2D eigenvalue weighted by molar-refractivity contribution is 0.138. The minimum Gasteiger partial charge on any atom is -0.488 e. The maximum absolute atomic E-state index is 6.04. The number of hydrogen-bond donors (Lipinski definition) is 0. The Morgan fingerprint density at radius 2 is 1.71 bits per heavy atom. The highest BCUT2D eigenvalue weighted by atomic mass is 79.9. The van der Waals surface area contributed by atoms with Crippen molar-refractivity contribution in [1.29, 1.82) is 0 Å². The van der Waals surface area contributed by atoms with Crippen LogP contribution >= 0.6 is 27.3 Å². The zero-order chi connectivity index (χ0) is 19.5. The standard InChI is InChI=1S/C24H21BrO2S/c1-16-12-21(27-15-17-8-4-3-5-9-17)20(25)14-19(16)24(26-2)23-13-18-10-6-7-11-22(18)28-23/h3-14,24H,15H2,1-2H3. The summed E-state index contributed by atoms with van der Waals surface area (Å²) < 4.78 is 14.2.